The lowest BCUT2D eigenvalue weighted by molar-refractivity contribution is 0.186. The number of halogens is 2. The highest BCUT2D eigenvalue weighted by Crippen LogP contribution is 2.05. The molecule has 1 nitrogen and oxygen atoms in total. The van der Waals surface area contributed by atoms with E-state index in [4.69, 9.17) is 5.73 Å². The molecule has 0 amide bonds. The second kappa shape index (κ2) is 2.64. The molecule has 0 saturated carbocycles. The second-order valence-corrected chi connectivity index (χ2v) is 1.76. The second-order valence-electron chi connectivity index (χ2n) is 1.76. The zero-order valence-electron chi connectivity index (χ0n) is 4.91. The molecule has 0 aromatic carbocycles. The molecule has 2 N–H and O–H groups in total. The van der Waals surface area contributed by atoms with E-state index in [2.05, 4.69) is 0 Å². The van der Waals surface area contributed by atoms with Crippen LogP contribution in [0.25, 0.3) is 0 Å². The van der Waals surface area contributed by atoms with Crippen molar-refractivity contribution in [1.29, 1.82) is 0 Å². The molecule has 0 aliphatic rings. The summed E-state index contributed by atoms with van der Waals surface area (Å²) in [4.78, 5) is 0. The van der Waals surface area contributed by atoms with Gasteiger partial charge in [0.25, 0.3) is 6.43 Å². The van der Waals surface area contributed by atoms with Crippen LogP contribution in [-0.4, -0.2) is 6.43 Å². The SMILES string of the molecule is CC(C)=C(N)C(F)F. The van der Waals surface area contributed by atoms with Crippen molar-refractivity contribution < 1.29 is 8.78 Å². The van der Waals surface area contributed by atoms with Crippen LogP contribution in [0.1, 0.15) is 13.8 Å². The van der Waals surface area contributed by atoms with E-state index < -0.39 is 6.43 Å². The van der Waals surface area contributed by atoms with E-state index in [-0.39, 0.29) is 5.70 Å². The van der Waals surface area contributed by atoms with Crippen molar-refractivity contribution in [3.8, 4) is 0 Å². The summed E-state index contributed by atoms with van der Waals surface area (Å²) < 4.78 is 23.0. The average Bonchev–Trinajstić information content (AvgIpc) is 1.64. The number of alkyl halides is 2. The zero-order chi connectivity index (χ0) is 6.73. The number of rotatable bonds is 1. The summed E-state index contributed by atoms with van der Waals surface area (Å²) in [6, 6.07) is 0. The van der Waals surface area contributed by atoms with Crippen molar-refractivity contribution in [1.82, 2.24) is 0 Å². The van der Waals surface area contributed by atoms with Gasteiger partial charge in [0, 0.05) is 0 Å². The van der Waals surface area contributed by atoms with Crippen LogP contribution < -0.4 is 5.73 Å². The fourth-order valence-corrected chi connectivity index (χ4v) is 0.218. The molecule has 0 aromatic rings. The van der Waals surface area contributed by atoms with E-state index in [1.165, 1.54) is 0 Å². The Balaban J connectivity index is 4.00. The molecule has 0 saturated heterocycles. The first-order valence-electron chi connectivity index (χ1n) is 2.26. The number of allylic oxidation sites excluding steroid dienone is 2. The van der Waals surface area contributed by atoms with E-state index in [0.29, 0.717) is 5.57 Å². The van der Waals surface area contributed by atoms with Crippen LogP contribution in [0.4, 0.5) is 8.78 Å². The maximum atomic E-state index is 11.5. The lowest BCUT2D eigenvalue weighted by Gasteiger charge is -1.98. The van der Waals surface area contributed by atoms with Crippen LogP contribution in [0.15, 0.2) is 11.3 Å². The van der Waals surface area contributed by atoms with Crippen molar-refractivity contribution in [2.45, 2.75) is 20.3 Å². The zero-order valence-corrected chi connectivity index (χ0v) is 4.91. The normalized spacial score (nSPS) is 9.62. The molecule has 0 heterocycles. The minimum absolute atomic E-state index is 0.315. The third kappa shape index (κ3) is 1.91. The monoisotopic (exact) mass is 121 g/mol. The molecule has 8 heavy (non-hydrogen) atoms. The van der Waals surface area contributed by atoms with Gasteiger partial charge in [-0.15, -0.1) is 0 Å². The quantitative estimate of drug-likeness (QED) is 0.559. The summed E-state index contributed by atoms with van der Waals surface area (Å²) in [6.45, 7) is 3.11. The van der Waals surface area contributed by atoms with Gasteiger partial charge < -0.3 is 5.73 Å². The third-order valence-corrected chi connectivity index (χ3v) is 0.812. The predicted molar refractivity (Wildman–Crippen MR) is 28.6 cm³/mol. The number of nitrogens with two attached hydrogens (primary N) is 1. The van der Waals surface area contributed by atoms with E-state index in [0.717, 1.165) is 0 Å². The van der Waals surface area contributed by atoms with Gasteiger partial charge in [0.05, 0.1) is 5.70 Å². The molecule has 0 spiro atoms. The Morgan fingerprint density at radius 2 is 1.75 bits per heavy atom. The van der Waals surface area contributed by atoms with Crippen molar-refractivity contribution in [3.63, 3.8) is 0 Å². The van der Waals surface area contributed by atoms with Crippen molar-refractivity contribution in [2.75, 3.05) is 0 Å². The minimum Gasteiger partial charge on any atom is -0.397 e. The van der Waals surface area contributed by atoms with Gasteiger partial charge in [0.2, 0.25) is 0 Å². The number of hydrogen-bond acceptors (Lipinski definition) is 1. The first-order valence-corrected chi connectivity index (χ1v) is 2.26. The summed E-state index contributed by atoms with van der Waals surface area (Å²) in [5, 5.41) is 0. The van der Waals surface area contributed by atoms with Gasteiger partial charge in [0.15, 0.2) is 0 Å². The van der Waals surface area contributed by atoms with Crippen LogP contribution in [0.3, 0.4) is 0 Å². The highest BCUT2D eigenvalue weighted by molar-refractivity contribution is 5.07. The van der Waals surface area contributed by atoms with Gasteiger partial charge in [0.1, 0.15) is 0 Å². The van der Waals surface area contributed by atoms with E-state index in [1.807, 2.05) is 0 Å². The van der Waals surface area contributed by atoms with Crippen LogP contribution >= 0.6 is 0 Å². The smallest absolute Gasteiger partial charge is 0.277 e. The predicted octanol–water partition coefficient (Wildman–Crippen LogP) is 1.50. The minimum atomic E-state index is -2.50. The molecule has 48 valence electrons. The van der Waals surface area contributed by atoms with Crippen LogP contribution in [-0.2, 0) is 0 Å². The van der Waals surface area contributed by atoms with Crippen molar-refractivity contribution in [3.05, 3.63) is 11.3 Å². The summed E-state index contributed by atoms with van der Waals surface area (Å²) in [7, 11) is 0. The van der Waals surface area contributed by atoms with Gasteiger partial charge in [-0.05, 0) is 13.8 Å². The average molecular weight is 121 g/mol. The molecule has 0 atom stereocenters. The Morgan fingerprint density at radius 3 is 1.75 bits per heavy atom. The van der Waals surface area contributed by atoms with Gasteiger partial charge in [-0.1, -0.05) is 5.57 Å². The molecular formula is C5H9F2N. The maximum absolute atomic E-state index is 11.5. The van der Waals surface area contributed by atoms with Gasteiger partial charge in [-0.3, -0.25) is 0 Å². The Labute approximate surface area is 47.2 Å². The molecule has 0 aliphatic heterocycles. The van der Waals surface area contributed by atoms with Gasteiger partial charge in [-0.25, -0.2) is 8.78 Å². The van der Waals surface area contributed by atoms with Gasteiger partial charge >= 0.3 is 0 Å². The fourth-order valence-electron chi connectivity index (χ4n) is 0.218. The standard InChI is InChI=1S/C5H9F2N/c1-3(2)4(8)5(6)7/h5H,8H2,1-2H3. The summed E-state index contributed by atoms with van der Waals surface area (Å²) in [6.07, 6.45) is -2.50. The van der Waals surface area contributed by atoms with Crippen molar-refractivity contribution >= 4 is 0 Å². The third-order valence-electron chi connectivity index (χ3n) is 0.812. The Morgan fingerprint density at radius 1 is 1.38 bits per heavy atom. The topological polar surface area (TPSA) is 26.0 Å². The molecule has 0 bridgehead atoms. The Bertz CT molecular complexity index is 103. The highest BCUT2D eigenvalue weighted by Gasteiger charge is 2.05. The van der Waals surface area contributed by atoms with Gasteiger partial charge in [-0.2, -0.15) is 0 Å². The largest absolute Gasteiger partial charge is 0.397 e. The highest BCUT2D eigenvalue weighted by atomic mass is 19.3. The van der Waals surface area contributed by atoms with Crippen molar-refractivity contribution in [2.24, 2.45) is 5.73 Å². The molecule has 0 radical (unpaired) electrons. The van der Waals surface area contributed by atoms with Crippen LogP contribution in [0.2, 0.25) is 0 Å². The molecule has 0 unspecified atom stereocenters. The Hall–Kier alpha value is -0.600. The summed E-state index contributed by atoms with van der Waals surface area (Å²) >= 11 is 0. The molecule has 0 aliphatic carbocycles. The van der Waals surface area contributed by atoms with E-state index in [1.54, 1.807) is 13.8 Å². The van der Waals surface area contributed by atoms with E-state index in [9.17, 15) is 8.78 Å². The number of hydrogen-bond donors (Lipinski definition) is 1. The van der Waals surface area contributed by atoms with E-state index >= 15 is 0 Å². The first-order chi connectivity index (χ1) is 3.55. The summed E-state index contributed by atoms with van der Waals surface area (Å²) in [5.41, 5.74) is 5.06. The van der Waals surface area contributed by atoms with Crippen LogP contribution in [0.5, 0.6) is 0 Å². The van der Waals surface area contributed by atoms with Crippen LogP contribution in [0, 0.1) is 0 Å². The lowest BCUT2D eigenvalue weighted by atomic mass is 10.3. The lowest BCUT2D eigenvalue weighted by Crippen LogP contribution is -2.08. The molecule has 0 rings (SSSR count). The first kappa shape index (κ1) is 7.40. The fraction of sp³-hybridized carbons (Fsp3) is 0.600. The molecule has 3 heteroatoms. The maximum Gasteiger partial charge on any atom is 0.277 e. The summed E-state index contributed by atoms with van der Waals surface area (Å²) in [5.74, 6) is 0. The Kier molecular flexibility index (Phi) is 2.45. The molecular weight excluding hydrogens is 112 g/mol. The molecule has 0 aromatic heterocycles. The molecule has 0 fully saturated rings.